The van der Waals surface area contributed by atoms with Gasteiger partial charge in [-0.2, -0.15) is 16.8 Å². The third kappa shape index (κ3) is 5.41. The van der Waals surface area contributed by atoms with Crippen molar-refractivity contribution in [2.45, 2.75) is 48.6 Å². The third-order valence-electron chi connectivity index (χ3n) is 4.42. The highest BCUT2D eigenvalue weighted by molar-refractivity contribution is 7.87. The SMILES string of the molecule is Cc1ccc(S(=O)(=O)O[C@H]2CC(O)OC[C@H]2OS(=O)(=O)c2ccc(C)cc2)cc1. The average molecular weight is 443 g/mol. The summed E-state index contributed by atoms with van der Waals surface area (Å²) in [6.45, 7) is 3.28. The lowest BCUT2D eigenvalue weighted by Crippen LogP contribution is -2.46. The molecule has 0 aromatic heterocycles. The Kier molecular flexibility index (Phi) is 6.42. The Balaban J connectivity index is 1.82. The summed E-state index contributed by atoms with van der Waals surface area (Å²) in [5.41, 5.74) is 1.74. The Bertz CT molecular complexity index is 1040. The molecule has 1 aliphatic rings. The number of hydrogen-bond acceptors (Lipinski definition) is 8. The van der Waals surface area contributed by atoms with Gasteiger partial charge in [-0.05, 0) is 38.1 Å². The minimum atomic E-state index is -4.20. The summed E-state index contributed by atoms with van der Waals surface area (Å²) in [7, 11) is -8.39. The molecule has 158 valence electrons. The van der Waals surface area contributed by atoms with E-state index in [1.807, 2.05) is 13.8 Å². The van der Waals surface area contributed by atoms with Crippen LogP contribution in [0.3, 0.4) is 0 Å². The van der Waals surface area contributed by atoms with Crippen LogP contribution in [-0.4, -0.2) is 47.0 Å². The summed E-state index contributed by atoms with van der Waals surface area (Å²) < 4.78 is 65.8. The van der Waals surface area contributed by atoms with E-state index < -0.39 is 38.7 Å². The molecule has 2 aromatic carbocycles. The topological polar surface area (TPSA) is 116 Å². The van der Waals surface area contributed by atoms with Gasteiger partial charge in [-0.25, -0.2) is 0 Å². The van der Waals surface area contributed by atoms with Crippen molar-refractivity contribution < 1.29 is 35.0 Å². The van der Waals surface area contributed by atoms with Gasteiger partial charge in [0.05, 0.1) is 16.4 Å². The largest absolute Gasteiger partial charge is 0.368 e. The molecular formula is C19H22O8S2. The van der Waals surface area contributed by atoms with E-state index in [0.29, 0.717) is 0 Å². The highest BCUT2D eigenvalue weighted by atomic mass is 32.2. The quantitative estimate of drug-likeness (QED) is 0.674. The zero-order valence-electron chi connectivity index (χ0n) is 15.9. The molecule has 29 heavy (non-hydrogen) atoms. The summed E-state index contributed by atoms with van der Waals surface area (Å²) in [6.07, 6.45) is -4.05. The molecule has 3 atom stereocenters. The smallest absolute Gasteiger partial charge is 0.297 e. The van der Waals surface area contributed by atoms with Crippen LogP contribution in [0.4, 0.5) is 0 Å². The van der Waals surface area contributed by atoms with Gasteiger partial charge in [-0.1, -0.05) is 35.4 Å². The fourth-order valence-corrected chi connectivity index (χ4v) is 4.96. The molecule has 1 unspecified atom stereocenters. The van der Waals surface area contributed by atoms with Crippen molar-refractivity contribution in [3.05, 3.63) is 59.7 Å². The molecule has 1 aliphatic heterocycles. The molecular weight excluding hydrogens is 420 g/mol. The van der Waals surface area contributed by atoms with Crippen molar-refractivity contribution in [2.75, 3.05) is 6.61 Å². The molecule has 1 saturated heterocycles. The molecule has 0 saturated carbocycles. The van der Waals surface area contributed by atoms with Crippen LogP contribution in [0.25, 0.3) is 0 Å². The Hall–Kier alpha value is -1.82. The van der Waals surface area contributed by atoms with Gasteiger partial charge in [0.15, 0.2) is 6.29 Å². The van der Waals surface area contributed by atoms with E-state index in [9.17, 15) is 21.9 Å². The second kappa shape index (κ2) is 8.50. The molecule has 0 radical (unpaired) electrons. The second-order valence-corrected chi connectivity index (χ2v) is 9.97. The van der Waals surface area contributed by atoms with E-state index >= 15 is 0 Å². The fourth-order valence-electron chi connectivity index (χ4n) is 2.77. The Morgan fingerprint density at radius 2 is 1.21 bits per heavy atom. The number of aliphatic hydroxyl groups is 1. The molecule has 0 aliphatic carbocycles. The number of ether oxygens (including phenoxy) is 1. The van der Waals surface area contributed by atoms with Crippen molar-refractivity contribution in [3.8, 4) is 0 Å². The molecule has 10 heteroatoms. The number of benzene rings is 2. The third-order valence-corrected chi connectivity index (χ3v) is 7.12. The van der Waals surface area contributed by atoms with Gasteiger partial charge >= 0.3 is 0 Å². The van der Waals surface area contributed by atoms with E-state index in [2.05, 4.69) is 0 Å². The number of aryl methyl sites for hydroxylation is 2. The van der Waals surface area contributed by atoms with Crippen LogP contribution in [-0.2, 0) is 33.3 Å². The predicted molar refractivity (Wildman–Crippen MR) is 103 cm³/mol. The number of hydrogen-bond donors (Lipinski definition) is 1. The molecule has 0 spiro atoms. The van der Waals surface area contributed by atoms with Gasteiger partial charge in [0.2, 0.25) is 0 Å². The molecule has 2 aromatic rings. The van der Waals surface area contributed by atoms with Crippen molar-refractivity contribution >= 4 is 20.2 Å². The van der Waals surface area contributed by atoms with Gasteiger partial charge in [0.1, 0.15) is 12.2 Å². The Labute approximate surface area is 170 Å². The lowest BCUT2D eigenvalue weighted by molar-refractivity contribution is -0.181. The second-order valence-electron chi connectivity index (χ2n) is 6.83. The normalized spacial score (nSPS) is 23.1. The van der Waals surface area contributed by atoms with Crippen LogP contribution in [0.1, 0.15) is 17.5 Å². The first kappa shape index (κ1) is 21.9. The van der Waals surface area contributed by atoms with Gasteiger partial charge < -0.3 is 9.84 Å². The molecule has 8 nitrogen and oxygen atoms in total. The zero-order chi connectivity index (χ0) is 21.2. The summed E-state index contributed by atoms with van der Waals surface area (Å²) in [4.78, 5) is -0.154. The van der Waals surface area contributed by atoms with Crippen LogP contribution in [0.2, 0.25) is 0 Å². The minimum absolute atomic E-state index is 0.0747. The standard InChI is InChI=1S/C19H22O8S2/c1-13-3-7-15(8-4-13)28(21,22)26-17-11-19(20)25-12-18(17)27-29(23,24)16-9-5-14(2)6-10-16/h3-10,17-20H,11-12H2,1-2H3/t17-,18+,19?/m0/s1. The van der Waals surface area contributed by atoms with E-state index in [1.165, 1.54) is 24.3 Å². The van der Waals surface area contributed by atoms with Crippen molar-refractivity contribution in [1.29, 1.82) is 0 Å². The van der Waals surface area contributed by atoms with E-state index in [4.69, 9.17) is 13.1 Å². The minimum Gasteiger partial charge on any atom is -0.368 e. The van der Waals surface area contributed by atoms with E-state index in [0.717, 1.165) is 11.1 Å². The highest BCUT2D eigenvalue weighted by Gasteiger charge is 2.39. The summed E-state index contributed by atoms with van der Waals surface area (Å²) >= 11 is 0. The van der Waals surface area contributed by atoms with Gasteiger partial charge in [-0.3, -0.25) is 8.37 Å². The molecule has 1 heterocycles. The van der Waals surface area contributed by atoms with Crippen LogP contribution in [0.15, 0.2) is 58.3 Å². The number of aliphatic hydroxyl groups excluding tert-OH is 1. The van der Waals surface area contributed by atoms with Crippen LogP contribution in [0.5, 0.6) is 0 Å². The fraction of sp³-hybridized carbons (Fsp3) is 0.368. The maximum Gasteiger partial charge on any atom is 0.297 e. The lowest BCUT2D eigenvalue weighted by atomic mass is 10.1. The summed E-state index contributed by atoms with van der Waals surface area (Å²) in [5.74, 6) is 0. The molecule has 0 amide bonds. The predicted octanol–water partition coefficient (Wildman–Crippen LogP) is 1.89. The first-order valence-electron chi connectivity index (χ1n) is 8.86. The Morgan fingerprint density at radius 3 is 1.66 bits per heavy atom. The van der Waals surface area contributed by atoms with Crippen molar-refractivity contribution in [2.24, 2.45) is 0 Å². The number of rotatable bonds is 6. The van der Waals surface area contributed by atoms with Gasteiger partial charge in [-0.15, -0.1) is 0 Å². The average Bonchev–Trinajstić information content (AvgIpc) is 2.64. The molecule has 1 fully saturated rings. The molecule has 0 bridgehead atoms. The molecule has 3 rings (SSSR count). The summed E-state index contributed by atoms with van der Waals surface area (Å²) in [5, 5.41) is 9.75. The van der Waals surface area contributed by atoms with Gasteiger partial charge in [0.25, 0.3) is 20.2 Å². The first-order chi connectivity index (χ1) is 13.6. The van der Waals surface area contributed by atoms with Crippen LogP contribution >= 0.6 is 0 Å². The highest BCUT2D eigenvalue weighted by Crippen LogP contribution is 2.27. The van der Waals surface area contributed by atoms with Crippen molar-refractivity contribution in [1.82, 2.24) is 0 Å². The lowest BCUT2D eigenvalue weighted by Gasteiger charge is -2.32. The maximum atomic E-state index is 12.6. The van der Waals surface area contributed by atoms with Crippen molar-refractivity contribution in [3.63, 3.8) is 0 Å². The van der Waals surface area contributed by atoms with E-state index in [-0.39, 0.29) is 22.8 Å². The van der Waals surface area contributed by atoms with Crippen LogP contribution in [0, 0.1) is 13.8 Å². The first-order valence-corrected chi connectivity index (χ1v) is 11.7. The summed E-state index contributed by atoms with van der Waals surface area (Å²) in [6, 6.07) is 12.0. The molecule has 1 N–H and O–H groups in total. The maximum absolute atomic E-state index is 12.6. The van der Waals surface area contributed by atoms with Crippen LogP contribution < -0.4 is 0 Å². The van der Waals surface area contributed by atoms with E-state index in [1.54, 1.807) is 24.3 Å². The van der Waals surface area contributed by atoms with Gasteiger partial charge in [0, 0.05) is 6.42 Å². The monoisotopic (exact) mass is 442 g/mol. The zero-order valence-corrected chi connectivity index (χ0v) is 17.5. The Morgan fingerprint density at radius 1 is 0.793 bits per heavy atom.